The first-order chi connectivity index (χ1) is 9.35. The number of rotatable bonds is 4. The van der Waals surface area contributed by atoms with Gasteiger partial charge < -0.3 is 20.5 Å². The highest BCUT2D eigenvalue weighted by molar-refractivity contribution is 5.89. The average Bonchev–Trinajstić information content (AvgIpc) is 2.45. The number of hydrogen-bond acceptors (Lipinski definition) is 5. The van der Waals surface area contributed by atoms with Gasteiger partial charge in [-0.3, -0.25) is 9.59 Å². The molecule has 1 saturated carbocycles. The molecule has 0 aromatic carbocycles. The second kappa shape index (κ2) is 6.50. The summed E-state index contributed by atoms with van der Waals surface area (Å²) in [6.45, 7) is 4.93. The molecule has 1 amide bonds. The van der Waals surface area contributed by atoms with E-state index in [1.165, 1.54) is 7.11 Å². The highest BCUT2D eigenvalue weighted by Gasteiger charge is 2.70. The zero-order chi connectivity index (χ0) is 15.0. The molecule has 0 radical (unpaired) electrons. The molecular weight excluding hydrogens is 296 g/mol. The van der Waals surface area contributed by atoms with Crippen LogP contribution in [0.2, 0.25) is 0 Å². The molecule has 1 saturated heterocycles. The topological polar surface area (TPSA) is 90.7 Å². The van der Waals surface area contributed by atoms with Crippen molar-refractivity contribution >= 4 is 24.3 Å². The van der Waals surface area contributed by atoms with E-state index in [0.717, 1.165) is 19.4 Å². The van der Waals surface area contributed by atoms with Gasteiger partial charge in [-0.2, -0.15) is 0 Å². The summed E-state index contributed by atoms with van der Waals surface area (Å²) in [5, 5.41) is 2.76. The van der Waals surface area contributed by atoms with Crippen molar-refractivity contribution in [3.8, 4) is 0 Å². The Morgan fingerprint density at radius 2 is 2.10 bits per heavy atom. The number of amides is 1. The number of hydrogen-bond donors (Lipinski definition) is 2. The van der Waals surface area contributed by atoms with Gasteiger partial charge in [-0.05, 0) is 12.8 Å². The Labute approximate surface area is 131 Å². The Morgan fingerprint density at radius 1 is 1.43 bits per heavy atom. The number of fused-ring (bicyclic) bond motifs is 1. The summed E-state index contributed by atoms with van der Waals surface area (Å²) in [7, 11) is 1.33. The molecule has 3 atom stereocenters. The van der Waals surface area contributed by atoms with Crippen molar-refractivity contribution in [3.05, 3.63) is 0 Å². The highest BCUT2D eigenvalue weighted by atomic mass is 35.5. The van der Waals surface area contributed by atoms with Crippen LogP contribution in [-0.4, -0.2) is 43.8 Å². The molecule has 122 valence electrons. The molecule has 2 aliphatic rings. The molecule has 7 heteroatoms. The van der Waals surface area contributed by atoms with E-state index < -0.39 is 11.0 Å². The van der Waals surface area contributed by atoms with Crippen molar-refractivity contribution in [2.24, 2.45) is 17.1 Å². The second-order valence-electron chi connectivity index (χ2n) is 6.21. The standard InChI is InChI=1S/C14H24N2O4.ClH/c1-13(2)11-9(5-4-8-20-11)14(13,15)12(18)16-7-6-10(17)19-3;/h9,11H,4-8,15H2,1-3H3,(H,16,18);1H. The number of ether oxygens (including phenoxy) is 2. The molecule has 1 aliphatic heterocycles. The Balaban J connectivity index is 0.00000220. The van der Waals surface area contributed by atoms with Gasteiger partial charge in [-0.1, -0.05) is 13.8 Å². The minimum atomic E-state index is -0.922. The molecule has 0 bridgehead atoms. The lowest BCUT2D eigenvalue weighted by atomic mass is 9.46. The van der Waals surface area contributed by atoms with E-state index >= 15 is 0 Å². The molecule has 6 nitrogen and oxygen atoms in total. The third-order valence-electron chi connectivity index (χ3n) is 4.90. The Morgan fingerprint density at radius 3 is 2.71 bits per heavy atom. The van der Waals surface area contributed by atoms with Crippen LogP contribution < -0.4 is 11.1 Å². The summed E-state index contributed by atoms with van der Waals surface area (Å²) in [4.78, 5) is 23.5. The van der Waals surface area contributed by atoms with E-state index in [1.54, 1.807) is 0 Å². The van der Waals surface area contributed by atoms with Crippen molar-refractivity contribution in [1.82, 2.24) is 5.32 Å². The maximum Gasteiger partial charge on any atom is 0.307 e. The lowest BCUT2D eigenvalue weighted by molar-refractivity contribution is -0.225. The van der Waals surface area contributed by atoms with Gasteiger partial charge in [0.15, 0.2) is 0 Å². The van der Waals surface area contributed by atoms with Crippen LogP contribution in [0.5, 0.6) is 0 Å². The van der Waals surface area contributed by atoms with Crippen LogP contribution in [-0.2, 0) is 19.1 Å². The van der Waals surface area contributed by atoms with Gasteiger partial charge in [0.05, 0.1) is 19.6 Å². The van der Waals surface area contributed by atoms with Crippen LogP contribution >= 0.6 is 12.4 Å². The quantitative estimate of drug-likeness (QED) is 0.741. The van der Waals surface area contributed by atoms with Crippen molar-refractivity contribution in [2.75, 3.05) is 20.3 Å². The van der Waals surface area contributed by atoms with E-state index in [4.69, 9.17) is 10.5 Å². The minimum Gasteiger partial charge on any atom is -0.469 e. The molecule has 0 spiro atoms. The molecule has 2 fully saturated rings. The highest BCUT2D eigenvalue weighted by Crippen LogP contribution is 2.57. The van der Waals surface area contributed by atoms with Crippen molar-refractivity contribution in [1.29, 1.82) is 0 Å². The zero-order valence-electron chi connectivity index (χ0n) is 12.8. The summed E-state index contributed by atoms with van der Waals surface area (Å²) in [6, 6.07) is 0. The van der Waals surface area contributed by atoms with Crippen LogP contribution in [0.3, 0.4) is 0 Å². The van der Waals surface area contributed by atoms with Crippen molar-refractivity contribution in [3.63, 3.8) is 0 Å². The molecule has 0 aromatic heterocycles. The van der Waals surface area contributed by atoms with Crippen molar-refractivity contribution in [2.45, 2.75) is 44.8 Å². The van der Waals surface area contributed by atoms with Gasteiger partial charge in [0, 0.05) is 24.5 Å². The average molecular weight is 321 g/mol. The first-order valence-electron chi connectivity index (χ1n) is 7.11. The smallest absolute Gasteiger partial charge is 0.307 e. The van der Waals surface area contributed by atoms with Gasteiger partial charge in [0.25, 0.3) is 0 Å². The van der Waals surface area contributed by atoms with Gasteiger partial charge in [0.2, 0.25) is 5.91 Å². The van der Waals surface area contributed by atoms with E-state index in [1.807, 2.05) is 13.8 Å². The fourth-order valence-corrected chi connectivity index (χ4v) is 3.56. The molecule has 3 N–H and O–H groups in total. The summed E-state index contributed by atoms with van der Waals surface area (Å²) in [5.74, 6) is -0.481. The predicted molar refractivity (Wildman–Crippen MR) is 80.1 cm³/mol. The minimum absolute atomic E-state index is 0. The maximum atomic E-state index is 12.4. The fraction of sp³-hybridized carbons (Fsp3) is 0.857. The molecular formula is C14H25ClN2O4. The summed E-state index contributed by atoms with van der Waals surface area (Å²) < 4.78 is 10.3. The fourth-order valence-electron chi connectivity index (χ4n) is 3.56. The van der Waals surface area contributed by atoms with E-state index in [0.29, 0.717) is 0 Å². The molecule has 3 unspecified atom stereocenters. The summed E-state index contributed by atoms with van der Waals surface area (Å²) in [6.07, 6.45) is 2.05. The number of esters is 1. The normalized spacial score (nSPS) is 33.0. The monoisotopic (exact) mass is 320 g/mol. The number of nitrogens with one attached hydrogen (secondary N) is 1. The number of methoxy groups -OCH3 is 1. The third-order valence-corrected chi connectivity index (χ3v) is 4.90. The van der Waals surface area contributed by atoms with Gasteiger partial charge in [-0.25, -0.2) is 0 Å². The van der Waals surface area contributed by atoms with Crippen LogP contribution in [0.25, 0.3) is 0 Å². The predicted octanol–water partition coefficient (Wildman–Crippen LogP) is 0.620. The number of carbonyl (C=O) groups excluding carboxylic acids is 2. The molecule has 0 aromatic rings. The largest absolute Gasteiger partial charge is 0.469 e. The van der Waals surface area contributed by atoms with Gasteiger partial charge in [0.1, 0.15) is 5.54 Å². The van der Waals surface area contributed by atoms with E-state index in [-0.39, 0.29) is 49.3 Å². The zero-order valence-corrected chi connectivity index (χ0v) is 13.6. The third kappa shape index (κ3) is 2.76. The maximum absolute atomic E-state index is 12.4. The SMILES string of the molecule is COC(=O)CCNC(=O)C1(N)C2CCCOC2C1(C)C.Cl. The lowest BCUT2D eigenvalue weighted by Crippen LogP contribution is -2.82. The molecule has 1 heterocycles. The Bertz CT molecular complexity index is 416. The molecule has 2 rings (SSSR count). The van der Waals surface area contributed by atoms with Crippen LogP contribution in [0.4, 0.5) is 0 Å². The number of nitrogens with two attached hydrogens (primary N) is 1. The van der Waals surface area contributed by atoms with Crippen molar-refractivity contribution < 1.29 is 19.1 Å². The lowest BCUT2D eigenvalue weighted by Gasteiger charge is -2.65. The van der Waals surface area contributed by atoms with Crippen LogP contribution in [0.15, 0.2) is 0 Å². The van der Waals surface area contributed by atoms with E-state index in [2.05, 4.69) is 10.1 Å². The molecule has 1 aliphatic carbocycles. The first kappa shape index (κ1) is 18.2. The number of halogens is 1. The Kier molecular flexibility index (Phi) is 5.63. The Hall–Kier alpha value is -0.850. The van der Waals surface area contributed by atoms with Crippen LogP contribution in [0.1, 0.15) is 33.1 Å². The van der Waals surface area contributed by atoms with Crippen LogP contribution in [0, 0.1) is 11.3 Å². The van der Waals surface area contributed by atoms with Gasteiger partial charge >= 0.3 is 5.97 Å². The first-order valence-corrected chi connectivity index (χ1v) is 7.11. The summed E-state index contributed by atoms with van der Waals surface area (Å²) >= 11 is 0. The second-order valence-corrected chi connectivity index (χ2v) is 6.21. The summed E-state index contributed by atoms with van der Waals surface area (Å²) in [5.41, 5.74) is 5.10. The van der Waals surface area contributed by atoms with E-state index in [9.17, 15) is 9.59 Å². The number of carbonyl (C=O) groups is 2. The van der Waals surface area contributed by atoms with Gasteiger partial charge in [-0.15, -0.1) is 12.4 Å². The molecule has 21 heavy (non-hydrogen) atoms.